The second-order valence-corrected chi connectivity index (χ2v) is 9.10. The summed E-state index contributed by atoms with van der Waals surface area (Å²) in [6.45, 7) is 2.51. The lowest BCUT2D eigenvalue weighted by Crippen LogP contribution is -2.43. The second-order valence-electron chi connectivity index (χ2n) is 8.77. The molecule has 0 saturated carbocycles. The molecule has 2 aliphatic carbocycles. The number of hydrogen-bond donors (Lipinski definition) is 2. The van der Waals surface area contributed by atoms with Gasteiger partial charge in [0.1, 0.15) is 5.75 Å². The first-order valence-corrected chi connectivity index (χ1v) is 11.4. The summed E-state index contributed by atoms with van der Waals surface area (Å²) in [6, 6.07) is 5.88. The third kappa shape index (κ3) is 4.10. The Labute approximate surface area is 182 Å². The number of benzene rings is 1. The molecule has 5 rings (SSSR count). The molecule has 7 heteroatoms. The third-order valence-corrected chi connectivity index (χ3v) is 6.82. The minimum Gasteiger partial charge on any atom is -0.508 e. The highest BCUT2D eigenvalue weighted by atomic mass is 35.5. The molecule has 3 aliphatic rings. The van der Waals surface area contributed by atoms with E-state index >= 15 is 0 Å². The van der Waals surface area contributed by atoms with E-state index in [4.69, 9.17) is 11.6 Å². The Morgan fingerprint density at radius 2 is 2.10 bits per heavy atom. The zero-order chi connectivity index (χ0) is 20.5. The van der Waals surface area contributed by atoms with Crippen LogP contribution in [0.4, 0.5) is 11.9 Å². The number of hydrogen-bond acceptors (Lipinski definition) is 6. The van der Waals surface area contributed by atoms with Crippen molar-refractivity contribution in [2.24, 2.45) is 5.92 Å². The summed E-state index contributed by atoms with van der Waals surface area (Å²) in [4.78, 5) is 15.6. The van der Waals surface area contributed by atoms with Gasteiger partial charge in [-0.2, -0.15) is 15.0 Å². The predicted molar refractivity (Wildman–Crippen MR) is 119 cm³/mol. The summed E-state index contributed by atoms with van der Waals surface area (Å²) >= 11 is 6.25. The first kappa shape index (κ1) is 19.6. The number of aromatic nitrogens is 3. The molecule has 2 heterocycles. The molecule has 1 fully saturated rings. The van der Waals surface area contributed by atoms with Crippen LogP contribution in [0.1, 0.15) is 55.6 Å². The summed E-state index contributed by atoms with van der Waals surface area (Å²) < 4.78 is 0. The van der Waals surface area contributed by atoms with E-state index in [0.29, 0.717) is 29.5 Å². The molecular formula is C23H28ClN5O. The monoisotopic (exact) mass is 425 g/mol. The van der Waals surface area contributed by atoms with Crippen LogP contribution in [0.3, 0.4) is 0 Å². The number of phenolic OH excluding ortho intramolecular Hbond substituents is 1. The van der Waals surface area contributed by atoms with Gasteiger partial charge in [-0.1, -0.05) is 23.8 Å². The van der Waals surface area contributed by atoms with Gasteiger partial charge in [0, 0.05) is 25.6 Å². The zero-order valence-corrected chi connectivity index (χ0v) is 17.9. The fourth-order valence-electron chi connectivity index (χ4n) is 5.25. The van der Waals surface area contributed by atoms with E-state index in [-0.39, 0.29) is 5.28 Å². The Morgan fingerprint density at radius 1 is 1.17 bits per heavy atom. The predicted octanol–water partition coefficient (Wildman–Crippen LogP) is 4.70. The number of anilines is 2. The molecule has 1 aliphatic heterocycles. The van der Waals surface area contributed by atoms with Gasteiger partial charge >= 0.3 is 0 Å². The topological polar surface area (TPSA) is 74.2 Å². The molecule has 2 aromatic rings. The van der Waals surface area contributed by atoms with Crippen LogP contribution >= 0.6 is 11.6 Å². The fourth-order valence-corrected chi connectivity index (χ4v) is 5.41. The van der Waals surface area contributed by atoms with Gasteiger partial charge < -0.3 is 15.3 Å². The molecule has 6 nitrogen and oxygen atoms in total. The molecule has 0 radical (unpaired) electrons. The van der Waals surface area contributed by atoms with Crippen molar-refractivity contribution in [3.63, 3.8) is 0 Å². The Morgan fingerprint density at radius 3 is 2.97 bits per heavy atom. The van der Waals surface area contributed by atoms with Crippen molar-refractivity contribution in [2.75, 3.05) is 29.9 Å². The average molecular weight is 426 g/mol. The van der Waals surface area contributed by atoms with Gasteiger partial charge in [-0.15, -0.1) is 0 Å². The highest BCUT2D eigenvalue weighted by Crippen LogP contribution is 2.42. The largest absolute Gasteiger partial charge is 0.508 e. The molecule has 2 bridgehead atoms. The average Bonchev–Trinajstić information content (AvgIpc) is 2.75. The molecule has 1 saturated heterocycles. The highest BCUT2D eigenvalue weighted by molar-refractivity contribution is 6.28. The van der Waals surface area contributed by atoms with Crippen LogP contribution in [-0.2, 0) is 6.42 Å². The molecule has 0 unspecified atom stereocenters. The first-order chi connectivity index (χ1) is 14.7. The van der Waals surface area contributed by atoms with Crippen molar-refractivity contribution in [1.29, 1.82) is 0 Å². The van der Waals surface area contributed by atoms with Crippen molar-refractivity contribution in [1.82, 2.24) is 15.0 Å². The lowest BCUT2D eigenvalue weighted by molar-refractivity contribution is 0.339. The minimum absolute atomic E-state index is 0.230. The number of allylic oxidation sites excluding steroid dienone is 1. The lowest BCUT2D eigenvalue weighted by atomic mass is 9.73. The maximum Gasteiger partial charge on any atom is 0.231 e. The van der Waals surface area contributed by atoms with Crippen LogP contribution < -0.4 is 10.2 Å². The Kier molecular flexibility index (Phi) is 5.50. The summed E-state index contributed by atoms with van der Waals surface area (Å²) in [5, 5.41) is 13.8. The summed E-state index contributed by atoms with van der Waals surface area (Å²) in [5.41, 5.74) is 3.90. The number of rotatable bonds is 5. The van der Waals surface area contributed by atoms with E-state index in [1.54, 1.807) is 6.07 Å². The molecule has 2 atom stereocenters. The van der Waals surface area contributed by atoms with Crippen LogP contribution in [-0.4, -0.2) is 39.7 Å². The van der Waals surface area contributed by atoms with Crippen LogP contribution in [0.25, 0.3) is 0 Å². The molecule has 30 heavy (non-hydrogen) atoms. The first-order valence-electron chi connectivity index (χ1n) is 11.0. The SMILES string of the molecule is Oc1cccc2c1C[C@H]1C[C@H]2CN(c2nc(Cl)nc(NCCC3=CCCCC3)n2)C1. The Balaban J connectivity index is 1.29. The van der Waals surface area contributed by atoms with E-state index in [0.717, 1.165) is 44.5 Å². The van der Waals surface area contributed by atoms with Crippen molar-refractivity contribution < 1.29 is 5.11 Å². The molecule has 0 amide bonds. The van der Waals surface area contributed by atoms with E-state index in [1.807, 2.05) is 6.07 Å². The van der Waals surface area contributed by atoms with Gasteiger partial charge in [0.2, 0.25) is 17.2 Å². The fraction of sp³-hybridized carbons (Fsp3) is 0.522. The second kappa shape index (κ2) is 8.42. The van der Waals surface area contributed by atoms with Crippen LogP contribution in [0, 0.1) is 5.92 Å². The van der Waals surface area contributed by atoms with Gasteiger partial charge in [0.05, 0.1) is 0 Å². The van der Waals surface area contributed by atoms with Gasteiger partial charge in [-0.25, -0.2) is 0 Å². The molecular weight excluding hydrogens is 398 g/mol. The number of nitrogens with one attached hydrogen (secondary N) is 1. The minimum atomic E-state index is 0.230. The Hall–Kier alpha value is -2.34. The Bertz CT molecular complexity index is 963. The van der Waals surface area contributed by atoms with E-state index in [2.05, 4.69) is 37.3 Å². The van der Waals surface area contributed by atoms with Crippen LogP contribution in [0.15, 0.2) is 29.8 Å². The molecule has 0 spiro atoms. The van der Waals surface area contributed by atoms with Crippen LogP contribution in [0.2, 0.25) is 5.28 Å². The van der Waals surface area contributed by atoms with Crippen molar-refractivity contribution >= 4 is 23.5 Å². The number of fused-ring (bicyclic) bond motifs is 4. The quantitative estimate of drug-likeness (QED) is 0.676. The van der Waals surface area contributed by atoms with E-state index in [9.17, 15) is 5.11 Å². The lowest BCUT2D eigenvalue weighted by Gasteiger charge is -2.42. The number of phenols is 1. The third-order valence-electron chi connectivity index (χ3n) is 6.65. The van der Waals surface area contributed by atoms with E-state index < -0.39 is 0 Å². The maximum atomic E-state index is 10.3. The van der Waals surface area contributed by atoms with Crippen molar-refractivity contribution in [3.05, 3.63) is 46.3 Å². The number of aromatic hydroxyl groups is 1. The zero-order valence-electron chi connectivity index (χ0n) is 17.1. The standard InChI is InChI=1S/C23H28ClN5O/c24-21-26-22(25-10-9-15-5-2-1-3-6-15)28-23(27-21)29-13-16-11-17(14-29)18-7-4-8-20(30)19(18)12-16/h4-5,7-8,16-17,30H,1-3,6,9-14H2,(H,25,26,27,28)/t16-,17+/m1/s1. The summed E-state index contributed by atoms with van der Waals surface area (Å²) in [7, 11) is 0. The maximum absolute atomic E-state index is 10.3. The molecule has 1 aromatic carbocycles. The number of halogens is 1. The van der Waals surface area contributed by atoms with Crippen molar-refractivity contribution in [2.45, 2.75) is 50.9 Å². The summed E-state index contributed by atoms with van der Waals surface area (Å²) in [6.07, 6.45) is 10.5. The molecule has 158 valence electrons. The van der Waals surface area contributed by atoms with Gasteiger partial charge in [-0.3, -0.25) is 0 Å². The number of piperidine rings is 1. The molecule has 1 aromatic heterocycles. The summed E-state index contributed by atoms with van der Waals surface area (Å²) in [5.74, 6) is 2.49. The number of nitrogens with zero attached hydrogens (tertiary/aromatic N) is 4. The van der Waals surface area contributed by atoms with E-state index in [1.165, 1.54) is 36.8 Å². The van der Waals surface area contributed by atoms with Crippen molar-refractivity contribution in [3.8, 4) is 5.75 Å². The van der Waals surface area contributed by atoms with Gasteiger partial charge in [0.25, 0.3) is 0 Å². The molecule has 2 N–H and O–H groups in total. The van der Waals surface area contributed by atoms with Crippen LogP contribution in [0.5, 0.6) is 5.75 Å². The van der Waals surface area contributed by atoms with Gasteiger partial charge in [0.15, 0.2) is 0 Å². The smallest absolute Gasteiger partial charge is 0.231 e. The normalized spacial score (nSPS) is 23.0. The van der Waals surface area contributed by atoms with Gasteiger partial charge in [-0.05, 0) is 79.7 Å². The highest BCUT2D eigenvalue weighted by Gasteiger charge is 2.36.